The van der Waals surface area contributed by atoms with Crippen molar-refractivity contribution >= 4 is 23.9 Å². The molecule has 0 bridgehead atoms. The number of rotatable bonds is 6. The first kappa shape index (κ1) is 19.6. The molecule has 0 aromatic rings. The highest BCUT2D eigenvalue weighted by Gasteiger charge is 2.53. The highest BCUT2D eigenvalue weighted by atomic mass is 16.7. The van der Waals surface area contributed by atoms with E-state index in [1.165, 1.54) is 6.08 Å². The summed E-state index contributed by atoms with van der Waals surface area (Å²) < 4.78 is 20.6. The van der Waals surface area contributed by atoms with Crippen LogP contribution in [0.3, 0.4) is 0 Å². The van der Waals surface area contributed by atoms with E-state index in [0.29, 0.717) is 0 Å². The maximum Gasteiger partial charge on any atom is 0.336 e. The van der Waals surface area contributed by atoms with E-state index in [9.17, 15) is 24.3 Å². The third kappa shape index (κ3) is 5.05. The number of carboxylic acid groups (broad SMARTS) is 1. The fourth-order valence-electron chi connectivity index (χ4n) is 2.45. The van der Waals surface area contributed by atoms with E-state index in [2.05, 4.69) is 6.58 Å². The quantitative estimate of drug-likeness (QED) is 0.409. The van der Waals surface area contributed by atoms with E-state index in [1.54, 1.807) is 0 Å². The average Bonchev–Trinajstić information content (AvgIpc) is 2.43. The lowest BCUT2D eigenvalue weighted by molar-refractivity contribution is -0.247. The standard InChI is InChI=1S/C15H20O9/c1-5-6-10-11(21-7(2)16)12(22-8(3)17)13(23-9(4)18)14(24-10)15(19)20/h5,10-14H,1,6H2,2-4H3,(H,19,20)/t10-,11+,12-,13+,14+/m1/s1. The second-order valence-corrected chi connectivity index (χ2v) is 5.18. The van der Waals surface area contributed by atoms with Crippen LogP contribution in [0.15, 0.2) is 12.7 Å². The van der Waals surface area contributed by atoms with Crippen molar-refractivity contribution in [2.45, 2.75) is 57.7 Å². The number of aliphatic carboxylic acids is 1. The zero-order valence-corrected chi connectivity index (χ0v) is 13.6. The summed E-state index contributed by atoms with van der Waals surface area (Å²) in [6, 6.07) is 0. The number of hydrogen-bond donors (Lipinski definition) is 1. The van der Waals surface area contributed by atoms with Gasteiger partial charge in [-0.25, -0.2) is 4.79 Å². The average molecular weight is 344 g/mol. The summed E-state index contributed by atoms with van der Waals surface area (Å²) >= 11 is 0. The molecule has 1 aliphatic rings. The van der Waals surface area contributed by atoms with Crippen LogP contribution in [-0.2, 0) is 38.1 Å². The van der Waals surface area contributed by atoms with Crippen LogP contribution < -0.4 is 0 Å². The van der Waals surface area contributed by atoms with Gasteiger partial charge in [-0.15, -0.1) is 6.58 Å². The predicted octanol–water partition coefficient (Wildman–Crippen LogP) is 0.210. The van der Waals surface area contributed by atoms with Crippen LogP contribution in [-0.4, -0.2) is 59.5 Å². The molecule has 5 atom stereocenters. The molecule has 24 heavy (non-hydrogen) atoms. The van der Waals surface area contributed by atoms with Gasteiger partial charge in [-0.2, -0.15) is 0 Å². The Morgan fingerprint density at radius 1 is 0.958 bits per heavy atom. The first-order chi connectivity index (χ1) is 11.2. The lowest BCUT2D eigenvalue weighted by atomic mass is 9.92. The van der Waals surface area contributed by atoms with Crippen LogP contribution in [0, 0.1) is 0 Å². The molecular formula is C15H20O9. The number of ether oxygens (including phenoxy) is 4. The van der Waals surface area contributed by atoms with Crippen molar-refractivity contribution in [3.05, 3.63) is 12.7 Å². The van der Waals surface area contributed by atoms with Gasteiger partial charge in [0, 0.05) is 20.8 Å². The largest absolute Gasteiger partial charge is 0.479 e. The fraction of sp³-hybridized carbons (Fsp3) is 0.600. The Labute approximate surface area is 138 Å². The molecule has 1 fully saturated rings. The molecule has 1 aliphatic heterocycles. The Balaban J connectivity index is 3.29. The van der Waals surface area contributed by atoms with Gasteiger partial charge in [0.15, 0.2) is 24.4 Å². The summed E-state index contributed by atoms with van der Waals surface area (Å²) in [6.45, 7) is 6.84. The molecule has 0 saturated carbocycles. The summed E-state index contributed by atoms with van der Waals surface area (Å²) in [4.78, 5) is 45.6. The Morgan fingerprint density at radius 2 is 1.42 bits per heavy atom. The first-order valence-corrected chi connectivity index (χ1v) is 7.18. The van der Waals surface area contributed by atoms with Gasteiger partial charge in [0.25, 0.3) is 0 Å². The lowest BCUT2D eigenvalue weighted by Gasteiger charge is -2.43. The second kappa shape index (κ2) is 8.44. The molecule has 9 heteroatoms. The van der Waals surface area contributed by atoms with Crippen LogP contribution in [0.5, 0.6) is 0 Å². The van der Waals surface area contributed by atoms with Gasteiger partial charge in [0.2, 0.25) is 0 Å². The minimum Gasteiger partial charge on any atom is -0.479 e. The van der Waals surface area contributed by atoms with Gasteiger partial charge in [0.1, 0.15) is 6.10 Å². The summed E-state index contributed by atoms with van der Waals surface area (Å²) in [5.41, 5.74) is 0. The molecule has 1 saturated heterocycles. The van der Waals surface area contributed by atoms with Crippen molar-refractivity contribution in [1.82, 2.24) is 0 Å². The van der Waals surface area contributed by atoms with E-state index >= 15 is 0 Å². The molecule has 1 N–H and O–H groups in total. The van der Waals surface area contributed by atoms with Crippen molar-refractivity contribution in [2.24, 2.45) is 0 Å². The number of carbonyl (C=O) groups is 4. The van der Waals surface area contributed by atoms with E-state index in [4.69, 9.17) is 18.9 Å². The highest BCUT2D eigenvalue weighted by molar-refractivity contribution is 5.75. The normalized spacial score (nSPS) is 29.2. The van der Waals surface area contributed by atoms with E-state index in [-0.39, 0.29) is 6.42 Å². The van der Waals surface area contributed by atoms with E-state index in [0.717, 1.165) is 20.8 Å². The van der Waals surface area contributed by atoms with Crippen LogP contribution in [0.2, 0.25) is 0 Å². The fourth-order valence-corrected chi connectivity index (χ4v) is 2.45. The SMILES string of the molecule is C=CC[C@H]1O[C@H](C(=O)O)[C@@H](OC(C)=O)[C@H](OC(C)=O)[C@H]1OC(C)=O. The summed E-state index contributed by atoms with van der Waals surface area (Å²) in [5, 5.41) is 9.34. The zero-order valence-electron chi connectivity index (χ0n) is 13.6. The zero-order chi connectivity index (χ0) is 18.4. The molecule has 0 unspecified atom stereocenters. The Bertz CT molecular complexity index is 527. The predicted molar refractivity (Wildman–Crippen MR) is 77.8 cm³/mol. The maximum absolute atomic E-state index is 11.5. The van der Waals surface area contributed by atoms with Crippen molar-refractivity contribution in [3.8, 4) is 0 Å². The van der Waals surface area contributed by atoms with Crippen molar-refractivity contribution in [3.63, 3.8) is 0 Å². The third-order valence-electron chi connectivity index (χ3n) is 3.18. The molecule has 0 radical (unpaired) electrons. The molecule has 9 nitrogen and oxygen atoms in total. The Kier molecular flexibility index (Phi) is 6.90. The van der Waals surface area contributed by atoms with E-state index < -0.39 is 54.4 Å². The van der Waals surface area contributed by atoms with Crippen molar-refractivity contribution < 1.29 is 43.2 Å². The molecule has 0 amide bonds. The van der Waals surface area contributed by atoms with Gasteiger partial charge in [-0.1, -0.05) is 6.08 Å². The first-order valence-electron chi connectivity index (χ1n) is 7.18. The van der Waals surface area contributed by atoms with Gasteiger partial charge in [-0.05, 0) is 6.42 Å². The summed E-state index contributed by atoms with van der Waals surface area (Å²) in [7, 11) is 0. The number of esters is 3. The summed E-state index contributed by atoms with van der Waals surface area (Å²) in [6.07, 6.45) is -4.88. The smallest absolute Gasteiger partial charge is 0.336 e. The van der Waals surface area contributed by atoms with Gasteiger partial charge < -0.3 is 24.1 Å². The monoisotopic (exact) mass is 344 g/mol. The number of carboxylic acids is 1. The Morgan fingerprint density at radius 3 is 1.83 bits per heavy atom. The maximum atomic E-state index is 11.5. The molecule has 0 aromatic heterocycles. The van der Waals surface area contributed by atoms with Crippen molar-refractivity contribution in [1.29, 1.82) is 0 Å². The lowest BCUT2D eigenvalue weighted by Crippen LogP contribution is -2.63. The number of hydrogen-bond acceptors (Lipinski definition) is 8. The molecule has 0 aromatic carbocycles. The minimum absolute atomic E-state index is 0.131. The molecule has 0 spiro atoms. The van der Waals surface area contributed by atoms with Crippen LogP contribution in [0.1, 0.15) is 27.2 Å². The number of carbonyl (C=O) groups excluding carboxylic acids is 3. The van der Waals surface area contributed by atoms with Crippen LogP contribution >= 0.6 is 0 Å². The summed E-state index contributed by atoms with van der Waals surface area (Å²) in [5.74, 6) is -3.65. The van der Waals surface area contributed by atoms with Crippen LogP contribution in [0.25, 0.3) is 0 Å². The molecule has 0 aliphatic carbocycles. The van der Waals surface area contributed by atoms with E-state index in [1.807, 2.05) is 0 Å². The van der Waals surface area contributed by atoms with Gasteiger partial charge in [-0.3, -0.25) is 14.4 Å². The topological polar surface area (TPSA) is 125 Å². The third-order valence-corrected chi connectivity index (χ3v) is 3.18. The molecule has 1 rings (SSSR count). The highest BCUT2D eigenvalue weighted by Crippen LogP contribution is 2.30. The van der Waals surface area contributed by atoms with Gasteiger partial charge in [0.05, 0.1) is 0 Å². The molecular weight excluding hydrogens is 324 g/mol. The Hall–Kier alpha value is -2.42. The van der Waals surface area contributed by atoms with Gasteiger partial charge >= 0.3 is 23.9 Å². The molecule has 134 valence electrons. The second-order valence-electron chi connectivity index (χ2n) is 5.18. The molecule has 1 heterocycles. The minimum atomic E-state index is -1.59. The van der Waals surface area contributed by atoms with Crippen molar-refractivity contribution in [2.75, 3.05) is 0 Å². The van der Waals surface area contributed by atoms with Crippen LogP contribution in [0.4, 0.5) is 0 Å².